The van der Waals surface area contributed by atoms with Crippen molar-refractivity contribution in [1.29, 1.82) is 5.26 Å². The Bertz CT molecular complexity index is 733. The van der Waals surface area contributed by atoms with Crippen LogP contribution in [0.25, 0.3) is 0 Å². The number of benzene rings is 1. The first-order valence-corrected chi connectivity index (χ1v) is 9.23. The Kier molecular flexibility index (Phi) is 6.58. The quantitative estimate of drug-likeness (QED) is 0.763. The molecule has 1 amide bonds. The molecule has 0 aliphatic carbocycles. The summed E-state index contributed by atoms with van der Waals surface area (Å²) in [5, 5.41) is 20.5. The Morgan fingerprint density at radius 3 is 2.62 bits per heavy atom. The summed E-state index contributed by atoms with van der Waals surface area (Å²) in [7, 11) is 1.78. The predicted molar refractivity (Wildman–Crippen MR) is 98.7 cm³/mol. The zero-order valence-electron chi connectivity index (χ0n) is 13.9. The molecule has 24 heavy (non-hydrogen) atoms. The summed E-state index contributed by atoms with van der Waals surface area (Å²) in [5.41, 5.74) is 3.02. The molecule has 0 saturated heterocycles. The number of hydrogen-bond acceptors (Lipinski definition) is 7. The van der Waals surface area contributed by atoms with Crippen molar-refractivity contribution in [2.24, 2.45) is 0 Å². The SMILES string of the molecule is CNc1nnc(SCC(=O)N(CCC#N)c2cc(C)cc(C)c2)s1. The number of thioether (sulfide) groups is 1. The molecule has 0 unspecified atom stereocenters. The van der Waals surface area contributed by atoms with E-state index in [1.54, 1.807) is 11.9 Å². The maximum atomic E-state index is 12.7. The number of anilines is 2. The molecular weight excluding hydrogens is 342 g/mol. The summed E-state index contributed by atoms with van der Waals surface area (Å²) in [6.07, 6.45) is 0.298. The highest BCUT2D eigenvalue weighted by molar-refractivity contribution is 8.01. The van der Waals surface area contributed by atoms with Crippen molar-refractivity contribution >= 4 is 39.8 Å². The second kappa shape index (κ2) is 8.66. The number of carbonyl (C=O) groups excluding carboxylic acids is 1. The predicted octanol–water partition coefficient (Wildman–Crippen LogP) is 3.24. The van der Waals surface area contributed by atoms with E-state index < -0.39 is 0 Å². The van der Waals surface area contributed by atoms with Crippen LogP contribution < -0.4 is 10.2 Å². The first-order chi connectivity index (χ1) is 11.5. The van der Waals surface area contributed by atoms with Crippen LogP contribution in [0, 0.1) is 25.2 Å². The average molecular weight is 361 g/mol. The number of hydrogen-bond donors (Lipinski definition) is 1. The summed E-state index contributed by atoms with van der Waals surface area (Å²) in [5.74, 6) is 0.220. The van der Waals surface area contributed by atoms with Crippen LogP contribution in [0.2, 0.25) is 0 Å². The second-order valence-corrected chi connectivity index (χ2v) is 7.41. The lowest BCUT2D eigenvalue weighted by molar-refractivity contribution is -0.116. The van der Waals surface area contributed by atoms with Crippen LogP contribution in [0.1, 0.15) is 17.5 Å². The van der Waals surface area contributed by atoms with Gasteiger partial charge < -0.3 is 10.2 Å². The molecule has 0 bridgehead atoms. The lowest BCUT2D eigenvalue weighted by atomic mass is 10.1. The first kappa shape index (κ1) is 18.2. The number of amides is 1. The third kappa shape index (κ3) is 4.94. The fourth-order valence-electron chi connectivity index (χ4n) is 2.24. The third-order valence-electron chi connectivity index (χ3n) is 3.21. The van der Waals surface area contributed by atoms with E-state index in [9.17, 15) is 4.79 Å². The fourth-order valence-corrected chi connectivity index (χ4v) is 3.82. The van der Waals surface area contributed by atoms with Gasteiger partial charge in [-0.25, -0.2) is 0 Å². The van der Waals surface area contributed by atoms with E-state index in [2.05, 4.69) is 27.6 Å². The van der Waals surface area contributed by atoms with Crippen molar-refractivity contribution in [3.05, 3.63) is 29.3 Å². The number of nitriles is 1. The second-order valence-electron chi connectivity index (χ2n) is 5.21. The molecule has 8 heteroatoms. The van der Waals surface area contributed by atoms with Crippen LogP contribution in [-0.2, 0) is 4.79 Å². The molecular formula is C16H19N5OS2. The number of rotatable bonds is 7. The minimum Gasteiger partial charge on any atom is -0.363 e. The maximum absolute atomic E-state index is 12.7. The summed E-state index contributed by atoms with van der Waals surface area (Å²) >= 11 is 2.77. The van der Waals surface area contributed by atoms with Crippen LogP contribution in [-0.4, -0.2) is 35.4 Å². The van der Waals surface area contributed by atoms with Crippen molar-refractivity contribution in [1.82, 2.24) is 10.2 Å². The molecule has 0 saturated carbocycles. The number of carbonyl (C=O) groups is 1. The molecule has 0 aliphatic rings. The van der Waals surface area contributed by atoms with Gasteiger partial charge in [-0.05, 0) is 37.1 Å². The molecule has 0 radical (unpaired) electrons. The van der Waals surface area contributed by atoms with Crippen LogP contribution in [0.15, 0.2) is 22.5 Å². The van der Waals surface area contributed by atoms with Crippen molar-refractivity contribution in [3.63, 3.8) is 0 Å². The van der Waals surface area contributed by atoms with Gasteiger partial charge >= 0.3 is 0 Å². The van der Waals surface area contributed by atoms with Gasteiger partial charge in [-0.3, -0.25) is 4.79 Å². The molecule has 0 aliphatic heterocycles. The lowest BCUT2D eigenvalue weighted by Gasteiger charge is -2.22. The van der Waals surface area contributed by atoms with Gasteiger partial charge in [-0.15, -0.1) is 10.2 Å². The van der Waals surface area contributed by atoms with Crippen LogP contribution in [0.5, 0.6) is 0 Å². The van der Waals surface area contributed by atoms with E-state index in [1.807, 2.05) is 26.0 Å². The van der Waals surface area contributed by atoms with E-state index in [1.165, 1.54) is 23.1 Å². The Morgan fingerprint density at radius 2 is 2.04 bits per heavy atom. The molecule has 126 valence electrons. The van der Waals surface area contributed by atoms with Gasteiger partial charge in [0.2, 0.25) is 11.0 Å². The maximum Gasteiger partial charge on any atom is 0.237 e. The van der Waals surface area contributed by atoms with Crippen LogP contribution in [0.3, 0.4) is 0 Å². The monoisotopic (exact) mass is 361 g/mol. The van der Waals surface area contributed by atoms with Crippen LogP contribution >= 0.6 is 23.1 Å². The van der Waals surface area contributed by atoms with Gasteiger partial charge in [0.05, 0.1) is 18.2 Å². The molecule has 0 atom stereocenters. The number of aromatic nitrogens is 2. The van der Waals surface area contributed by atoms with Gasteiger partial charge in [0, 0.05) is 19.3 Å². The summed E-state index contributed by atoms with van der Waals surface area (Å²) < 4.78 is 0.744. The number of nitrogens with one attached hydrogen (secondary N) is 1. The minimum absolute atomic E-state index is 0.0403. The topological polar surface area (TPSA) is 81.9 Å². The molecule has 1 aromatic carbocycles. The van der Waals surface area contributed by atoms with E-state index in [-0.39, 0.29) is 11.7 Å². The van der Waals surface area contributed by atoms with Crippen molar-refractivity contribution < 1.29 is 4.79 Å². The highest BCUT2D eigenvalue weighted by Gasteiger charge is 2.17. The molecule has 0 fully saturated rings. The van der Waals surface area contributed by atoms with Crippen molar-refractivity contribution in [3.8, 4) is 6.07 Å². The zero-order chi connectivity index (χ0) is 17.5. The minimum atomic E-state index is -0.0403. The van der Waals surface area contributed by atoms with Crippen LogP contribution in [0.4, 0.5) is 10.8 Å². The van der Waals surface area contributed by atoms with Gasteiger partial charge in [-0.1, -0.05) is 29.2 Å². The van der Waals surface area contributed by atoms with E-state index in [4.69, 9.17) is 5.26 Å². The van der Waals surface area contributed by atoms with Gasteiger partial charge in [0.1, 0.15) is 0 Å². The van der Waals surface area contributed by atoms with Gasteiger partial charge in [-0.2, -0.15) is 5.26 Å². The largest absolute Gasteiger partial charge is 0.363 e. The summed E-state index contributed by atoms with van der Waals surface area (Å²) in [4.78, 5) is 14.3. The Hall–Kier alpha value is -2.11. The molecule has 1 N–H and O–H groups in total. The van der Waals surface area contributed by atoms with E-state index in [0.717, 1.165) is 26.3 Å². The van der Waals surface area contributed by atoms with Crippen molar-refractivity contribution in [2.45, 2.75) is 24.6 Å². The first-order valence-electron chi connectivity index (χ1n) is 7.43. The Balaban J connectivity index is 2.11. The average Bonchev–Trinajstić information content (AvgIpc) is 3.00. The summed E-state index contributed by atoms with van der Waals surface area (Å²) in [6.45, 7) is 4.38. The Labute approximate surface area is 149 Å². The van der Waals surface area contributed by atoms with Gasteiger partial charge in [0.15, 0.2) is 4.34 Å². The van der Waals surface area contributed by atoms with E-state index >= 15 is 0 Å². The molecule has 2 aromatic rings. The molecule has 6 nitrogen and oxygen atoms in total. The number of aryl methyl sites for hydroxylation is 2. The molecule has 1 aromatic heterocycles. The molecule has 0 spiro atoms. The van der Waals surface area contributed by atoms with Crippen molar-refractivity contribution in [2.75, 3.05) is 29.6 Å². The normalized spacial score (nSPS) is 10.2. The van der Waals surface area contributed by atoms with Gasteiger partial charge in [0.25, 0.3) is 0 Å². The number of nitrogens with zero attached hydrogens (tertiary/aromatic N) is 4. The Morgan fingerprint density at radius 1 is 1.33 bits per heavy atom. The van der Waals surface area contributed by atoms with E-state index in [0.29, 0.717) is 13.0 Å². The summed E-state index contributed by atoms with van der Waals surface area (Å²) in [6, 6.07) is 8.11. The third-order valence-corrected chi connectivity index (χ3v) is 5.26. The lowest BCUT2D eigenvalue weighted by Crippen LogP contribution is -2.33. The fraction of sp³-hybridized carbons (Fsp3) is 0.375. The highest BCUT2D eigenvalue weighted by atomic mass is 32.2. The zero-order valence-corrected chi connectivity index (χ0v) is 15.5. The molecule has 1 heterocycles. The highest BCUT2D eigenvalue weighted by Crippen LogP contribution is 2.26. The standard InChI is InChI=1S/C16H19N5OS2/c1-11-7-12(2)9-13(8-11)21(6-4-5-17)14(22)10-23-16-20-19-15(18-3)24-16/h7-9H,4,6,10H2,1-3H3,(H,18,19). The smallest absolute Gasteiger partial charge is 0.237 e. The molecule has 2 rings (SSSR count).